The quantitative estimate of drug-likeness (QED) is 0.733. The fourth-order valence-electron chi connectivity index (χ4n) is 3.64. The van der Waals surface area contributed by atoms with E-state index in [1.165, 1.54) is 19.5 Å². The van der Waals surface area contributed by atoms with Crippen LogP contribution < -0.4 is 16.0 Å². The van der Waals surface area contributed by atoms with Gasteiger partial charge in [0.15, 0.2) is 0 Å². The highest BCUT2D eigenvalue weighted by atomic mass is 16.5. The Balaban J connectivity index is 0.000000261. The molecule has 158 valence electrons. The summed E-state index contributed by atoms with van der Waals surface area (Å²) in [7, 11) is 0. The minimum Gasteiger partial charge on any atom is -0.445 e. The van der Waals surface area contributed by atoms with Gasteiger partial charge < -0.3 is 20.7 Å². The Morgan fingerprint density at radius 1 is 1.04 bits per heavy atom. The lowest BCUT2D eigenvalue weighted by atomic mass is 9.76. The van der Waals surface area contributed by atoms with Gasteiger partial charge in [0.2, 0.25) is 0 Å². The van der Waals surface area contributed by atoms with Crippen molar-refractivity contribution in [1.29, 1.82) is 0 Å². The fourth-order valence-corrected chi connectivity index (χ4v) is 3.64. The lowest BCUT2D eigenvalue weighted by Gasteiger charge is -2.39. The van der Waals surface area contributed by atoms with E-state index in [4.69, 9.17) is 4.74 Å². The van der Waals surface area contributed by atoms with Crippen LogP contribution in [0, 0.1) is 16.7 Å². The third-order valence-electron chi connectivity index (χ3n) is 6.31. The van der Waals surface area contributed by atoms with Gasteiger partial charge in [-0.2, -0.15) is 0 Å². The molecule has 28 heavy (non-hydrogen) atoms. The van der Waals surface area contributed by atoms with E-state index in [2.05, 4.69) is 50.6 Å². The summed E-state index contributed by atoms with van der Waals surface area (Å²) in [6, 6.07) is 9.88. The average Bonchev–Trinajstić information content (AvgIpc) is 2.65. The maximum atomic E-state index is 11.8. The number of benzene rings is 1. The van der Waals surface area contributed by atoms with Gasteiger partial charge in [0, 0.05) is 19.1 Å². The molecular weight excluding hydrogens is 350 g/mol. The van der Waals surface area contributed by atoms with Crippen LogP contribution in [0.3, 0.4) is 0 Å². The van der Waals surface area contributed by atoms with Crippen LogP contribution in [-0.4, -0.2) is 38.3 Å². The van der Waals surface area contributed by atoms with E-state index in [0.29, 0.717) is 12.0 Å². The molecule has 0 spiro atoms. The topological polar surface area (TPSA) is 62.4 Å². The van der Waals surface area contributed by atoms with Gasteiger partial charge in [0.25, 0.3) is 0 Å². The molecular formula is C23H39N3O2. The third kappa shape index (κ3) is 7.10. The molecule has 0 aliphatic carbocycles. The molecule has 2 atom stereocenters. The zero-order valence-corrected chi connectivity index (χ0v) is 18.3. The first-order chi connectivity index (χ1) is 13.2. The smallest absolute Gasteiger partial charge is 0.407 e. The maximum absolute atomic E-state index is 11.8. The molecule has 1 aromatic rings. The highest BCUT2D eigenvalue weighted by molar-refractivity contribution is 5.67. The predicted molar refractivity (Wildman–Crippen MR) is 115 cm³/mol. The molecule has 5 nitrogen and oxygen atoms in total. The van der Waals surface area contributed by atoms with Gasteiger partial charge in [0.1, 0.15) is 6.61 Å². The van der Waals surface area contributed by atoms with Gasteiger partial charge in [-0.3, -0.25) is 0 Å². The van der Waals surface area contributed by atoms with Crippen molar-refractivity contribution in [2.75, 3.05) is 26.2 Å². The Labute approximate surface area is 171 Å². The monoisotopic (exact) mass is 389 g/mol. The van der Waals surface area contributed by atoms with Gasteiger partial charge in [-0.1, -0.05) is 65.0 Å². The molecule has 2 saturated heterocycles. The number of piperidine rings is 2. The number of amides is 1. The summed E-state index contributed by atoms with van der Waals surface area (Å²) in [4.78, 5) is 11.8. The van der Waals surface area contributed by atoms with Crippen molar-refractivity contribution in [2.24, 2.45) is 16.7 Å². The molecule has 5 heteroatoms. The van der Waals surface area contributed by atoms with Gasteiger partial charge in [-0.05, 0) is 48.2 Å². The number of hydrogen-bond acceptors (Lipinski definition) is 4. The number of hydrogen-bond donors (Lipinski definition) is 3. The Hall–Kier alpha value is -1.59. The zero-order chi connectivity index (χ0) is 20.6. The van der Waals surface area contributed by atoms with Gasteiger partial charge in [-0.15, -0.1) is 0 Å². The number of carbonyl (C=O) groups excluding carboxylic acids is 1. The summed E-state index contributed by atoms with van der Waals surface area (Å²) in [6.45, 7) is 15.9. The maximum Gasteiger partial charge on any atom is 0.407 e. The van der Waals surface area contributed by atoms with Crippen LogP contribution in [0.1, 0.15) is 53.0 Å². The first-order valence-corrected chi connectivity index (χ1v) is 10.6. The lowest BCUT2D eigenvalue weighted by molar-refractivity contribution is 0.115. The second-order valence-electron chi connectivity index (χ2n) is 9.57. The highest BCUT2D eigenvalue weighted by Gasteiger charge is 2.33. The Bertz CT molecular complexity index is 601. The number of rotatable bonds is 3. The Kier molecular flexibility index (Phi) is 8.32. The van der Waals surface area contributed by atoms with Crippen molar-refractivity contribution in [3.63, 3.8) is 0 Å². The summed E-state index contributed by atoms with van der Waals surface area (Å²) in [5, 5.41) is 9.73. The average molecular weight is 390 g/mol. The number of alkyl carbamates (subject to hydrolysis) is 1. The van der Waals surface area contributed by atoms with Crippen LogP contribution in [0.4, 0.5) is 4.79 Å². The van der Waals surface area contributed by atoms with Crippen LogP contribution in [-0.2, 0) is 11.3 Å². The van der Waals surface area contributed by atoms with Crippen molar-refractivity contribution in [3.8, 4) is 0 Å². The van der Waals surface area contributed by atoms with E-state index in [9.17, 15) is 4.79 Å². The van der Waals surface area contributed by atoms with Crippen molar-refractivity contribution < 1.29 is 9.53 Å². The van der Waals surface area contributed by atoms with E-state index >= 15 is 0 Å². The van der Waals surface area contributed by atoms with Crippen LogP contribution >= 0.6 is 0 Å². The lowest BCUT2D eigenvalue weighted by Crippen LogP contribution is -2.54. The molecule has 1 amide bonds. The Morgan fingerprint density at radius 3 is 2.18 bits per heavy atom. The largest absolute Gasteiger partial charge is 0.445 e. The van der Waals surface area contributed by atoms with Crippen LogP contribution in [0.2, 0.25) is 0 Å². The van der Waals surface area contributed by atoms with Crippen molar-refractivity contribution in [1.82, 2.24) is 16.0 Å². The molecule has 0 bridgehead atoms. The summed E-state index contributed by atoms with van der Waals surface area (Å²) < 4.78 is 5.25. The predicted octanol–water partition coefficient (Wildman–Crippen LogP) is 3.94. The SMILES string of the molecule is CC1(C)CNCCC1NC(=O)OCc1ccccc1.CC1CCNCC1(C)C. The molecule has 2 aliphatic heterocycles. The van der Waals surface area contributed by atoms with E-state index < -0.39 is 0 Å². The summed E-state index contributed by atoms with van der Waals surface area (Å²) >= 11 is 0. The van der Waals surface area contributed by atoms with Crippen LogP contribution in [0.25, 0.3) is 0 Å². The second kappa shape index (κ2) is 10.3. The molecule has 3 rings (SSSR count). The molecule has 0 aromatic heterocycles. The molecule has 0 radical (unpaired) electrons. The second-order valence-corrected chi connectivity index (χ2v) is 9.57. The highest BCUT2D eigenvalue weighted by Crippen LogP contribution is 2.30. The summed E-state index contributed by atoms with van der Waals surface area (Å²) in [6.07, 6.45) is 1.95. The Morgan fingerprint density at radius 2 is 1.64 bits per heavy atom. The van der Waals surface area contributed by atoms with Crippen molar-refractivity contribution >= 4 is 6.09 Å². The number of nitrogens with one attached hydrogen (secondary N) is 3. The zero-order valence-electron chi connectivity index (χ0n) is 18.3. The van der Waals surface area contributed by atoms with E-state index in [1.54, 1.807) is 0 Å². The summed E-state index contributed by atoms with van der Waals surface area (Å²) in [5.41, 5.74) is 1.59. The molecule has 2 unspecified atom stereocenters. The minimum absolute atomic E-state index is 0.0595. The van der Waals surface area contributed by atoms with E-state index in [1.807, 2.05) is 30.3 Å². The minimum atomic E-state index is -0.330. The first-order valence-electron chi connectivity index (χ1n) is 10.6. The van der Waals surface area contributed by atoms with E-state index in [0.717, 1.165) is 31.0 Å². The fraction of sp³-hybridized carbons (Fsp3) is 0.696. The molecule has 0 saturated carbocycles. The normalized spacial score (nSPS) is 25.8. The molecule has 2 aliphatic rings. The number of ether oxygens (including phenoxy) is 1. The van der Waals surface area contributed by atoms with Crippen LogP contribution in [0.15, 0.2) is 30.3 Å². The van der Waals surface area contributed by atoms with Gasteiger partial charge in [0.05, 0.1) is 0 Å². The van der Waals surface area contributed by atoms with Crippen molar-refractivity contribution in [2.45, 2.75) is 60.1 Å². The summed E-state index contributed by atoms with van der Waals surface area (Å²) in [5.74, 6) is 0.888. The van der Waals surface area contributed by atoms with Gasteiger partial charge >= 0.3 is 6.09 Å². The first kappa shape index (κ1) is 22.7. The standard InChI is InChI=1S/C15H22N2O2.C8H17N/c1-15(2)11-16-9-8-13(15)17-14(18)19-10-12-6-4-3-5-7-12;1-7-4-5-9-6-8(7,2)3/h3-7,13,16H,8-11H2,1-2H3,(H,17,18);7,9H,4-6H2,1-3H3. The molecule has 2 fully saturated rings. The van der Waals surface area contributed by atoms with Gasteiger partial charge in [-0.25, -0.2) is 4.79 Å². The molecule has 2 heterocycles. The molecule has 1 aromatic carbocycles. The van der Waals surface area contributed by atoms with Crippen LogP contribution in [0.5, 0.6) is 0 Å². The number of carbonyl (C=O) groups is 1. The molecule has 3 N–H and O–H groups in total. The van der Waals surface area contributed by atoms with Crippen molar-refractivity contribution in [3.05, 3.63) is 35.9 Å². The van der Waals surface area contributed by atoms with E-state index in [-0.39, 0.29) is 17.6 Å². The third-order valence-corrected chi connectivity index (χ3v) is 6.31.